The van der Waals surface area contributed by atoms with Crippen LogP contribution in [0.15, 0.2) is 22.8 Å². The molecule has 7 atom stereocenters. The number of unbranched alkanes of at least 4 members (excludes halogenated alkanes) is 4. The predicted molar refractivity (Wildman–Crippen MR) is 160 cm³/mol. The van der Waals surface area contributed by atoms with Crippen molar-refractivity contribution in [1.82, 2.24) is 0 Å². The van der Waals surface area contributed by atoms with Gasteiger partial charge in [0.25, 0.3) is 0 Å². The monoisotopic (exact) mass is 712 g/mol. The Labute approximate surface area is 292 Å². The van der Waals surface area contributed by atoms with Crippen LogP contribution in [0.4, 0.5) is 0 Å². The maximum absolute atomic E-state index is 13.2. The van der Waals surface area contributed by atoms with Gasteiger partial charge in [-0.3, -0.25) is 14.4 Å². The van der Waals surface area contributed by atoms with Crippen LogP contribution in [0.25, 0.3) is 0 Å². The minimum Gasteiger partial charge on any atom is -0.560 e. The fraction of sp³-hybridized carbons (Fsp3) is 0.727. The Morgan fingerprint density at radius 2 is 1.58 bits per heavy atom. The molecule has 0 aromatic rings. The Bertz CT molecular complexity index is 1120. The van der Waals surface area contributed by atoms with Gasteiger partial charge in [0.1, 0.15) is 11.7 Å². The molecule has 2 aliphatic rings. The second-order valence-electron chi connectivity index (χ2n) is 12.2. The summed E-state index contributed by atoms with van der Waals surface area (Å²) in [4.78, 5) is 51.4. The van der Waals surface area contributed by atoms with Crippen LogP contribution in [0.5, 0.6) is 0 Å². The molecule has 12 heteroatoms. The molecular weight excluding hydrogens is 661 g/mol. The van der Waals surface area contributed by atoms with E-state index in [4.69, 9.17) is 18.9 Å². The molecule has 45 heavy (non-hydrogen) atoms. The van der Waals surface area contributed by atoms with Gasteiger partial charge in [0.2, 0.25) is 0 Å². The van der Waals surface area contributed by atoms with Crippen molar-refractivity contribution in [3.63, 3.8) is 0 Å². The molecule has 2 aliphatic carbocycles. The number of carbonyl (C=O) groups is 4. The van der Waals surface area contributed by atoms with Gasteiger partial charge in [-0.2, -0.15) is 13.0 Å². The van der Waals surface area contributed by atoms with Crippen LogP contribution in [-0.4, -0.2) is 74.8 Å². The molecule has 1 saturated carbocycles. The molecule has 1 fully saturated rings. The fourth-order valence-corrected chi connectivity index (χ4v) is 6.25. The molecule has 0 heterocycles. The summed E-state index contributed by atoms with van der Waals surface area (Å²) in [5.74, 6) is -3.81. The van der Waals surface area contributed by atoms with E-state index in [-0.39, 0.29) is 68.7 Å². The van der Waals surface area contributed by atoms with Gasteiger partial charge in [-0.15, -0.1) is 0 Å². The number of esters is 4. The van der Waals surface area contributed by atoms with Crippen molar-refractivity contribution in [2.24, 2.45) is 5.92 Å². The van der Waals surface area contributed by atoms with Crippen molar-refractivity contribution < 1.29 is 86.2 Å². The number of hydrogen-bond donors (Lipinski definition) is 3. The van der Waals surface area contributed by atoms with E-state index in [1.807, 2.05) is 0 Å². The van der Waals surface area contributed by atoms with E-state index in [1.165, 1.54) is 20.8 Å². The number of hydrogen-bond acceptors (Lipinski definition) is 11. The molecule has 3 N–H and O–H groups in total. The Morgan fingerprint density at radius 1 is 0.978 bits per heavy atom. The summed E-state index contributed by atoms with van der Waals surface area (Å²) in [5, 5.41) is 34.6. The van der Waals surface area contributed by atoms with Crippen molar-refractivity contribution in [3.8, 4) is 0 Å². The van der Waals surface area contributed by atoms with E-state index in [2.05, 4.69) is 6.92 Å². The number of ether oxygens (including phenoxy) is 4. The molecule has 0 unspecified atom stereocenters. The molecule has 2 rings (SSSR count). The second kappa shape index (κ2) is 18.0. The van der Waals surface area contributed by atoms with Gasteiger partial charge in [0, 0.05) is 70.1 Å². The molecule has 0 amide bonds. The average Bonchev–Trinajstić information content (AvgIpc) is 3.18. The Hall–Kier alpha value is -1.66. The smallest absolute Gasteiger partial charge is 0.334 e. The molecule has 0 saturated heterocycles. The topological polar surface area (TPSA) is 166 Å². The average molecular weight is 713 g/mol. The number of carbonyl (C=O) groups excluding carboxylic acids is 4. The number of aliphatic hydroxyl groups excluding tert-OH is 2. The predicted octanol–water partition coefficient (Wildman–Crippen LogP) is 4.53. The molecule has 1 radical (unpaired) electrons. The summed E-state index contributed by atoms with van der Waals surface area (Å²) in [5.41, 5.74) is -3.61. The Kier molecular flexibility index (Phi) is 16.6. The van der Waals surface area contributed by atoms with Crippen LogP contribution in [0, 0.1) is 12.0 Å². The van der Waals surface area contributed by atoms with Crippen LogP contribution >= 0.6 is 0 Å². The quantitative estimate of drug-likeness (QED) is 0.0579. The van der Waals surface area contributed by atoms with Gasteiger partial charge in [-0.25, -0.2) is 4.79 Å². The van der Waals surface area contributed by atoms with E-state index >= 15 is 0 Å². The van der Waals surface area contributed by atoms with Crippen molar-refractivity contribution >= 4 is 23.9 Å². The summed E-state index contributed by atoms with van der Waals surface area (Å²) in [6.07, 6.45) is -0.429. The van der Waals surface area contributed by atoms with E-state index < -0.39 is 71.5 Å². The van der Waals surface area contributed by atoms with Crippen LogP contribution < -0.4 is 0 Å². The van der Waals surface area contributed by atoms with Gasteiger partial charge in [-0.05, 0) is 51.7 Å². The SMILES string of the molecule is C/C=C(/C)C(=O)O[C@H]1C(C)=C2[C@H]([C@@H]1OC(=O)CCCCCCC)[C@@](C)(OC(C)=O)C[C@H](OC(=O)CCC)[C@](O)([C-](C)O)[C@H]2O.[Y]. The standard InChI is InChI=1S/C33H51O11.Y/c1-9-12-13-14-15-17-25(37)42-29-27-26(20(5)28(29)43-31(39)19(4)11-3)30(38)33(40,21(6)34)23(41-24(36)16-10-2)18-32(27,8)44-22(7)35;/h11,23,27-30,34,38,40H,9-10,12-18H2,1-8H3;/q-1;/b19-11-;/t23-,27+,28-,29-,30-,32-,33+;/m0./s1. The van der Waals surface area contributed by atoms with E-state index in [0.717, 1.165) is 25.7 Å². The summed E-state index contributed by atoms with van der Waals surface area (Å²) in [6, 6.07) is 0. The van der Waals surface area contributed by atoms with E-state index in [9.17, 15) is 34.5 Å². The first-order valence-electron chi connectivity index (χ1n) is 15.6. The molecule has 0 spiro atoms. The summed E-state index contributed by atoms with van der Waals surface area (Å²) < 4.78 is 23.3. The van der Waals surface area contributed by atoms with Crippen LogP contribution in [0.1, 0.15) is 113 Å². The maximum Gasteiger partial charge on any atom is 0.334 e. The van der Waals surface area contributed by atoms with Gasteiger partial charge in [0.15, 0.2) is 12.2 Å². The van der Waals surface area contributed by atoms with Gasteiger partial charge >= 0.3 is 23.9 Å². The minimum atomic E-state index is -2.54. The van der Waals surface area contributed by atoms with Crippen LogP contribution in [-0.2, 0) is 70.8 Å². The molecule has 0 aromatic carbocycles. The first-order chi connectivity index (χ1) is 20.6. The molecular formula is C33H51O11Y-. The number of fused-ring (bicyclic) bond motifs is 1. The second-order valence-corrected chi connectivity index (χ2v) is 12.2. The first-order valence-corrected chi connectivity index (χ1v) is 15.6. The van der Waals surface area contributed by atoms with Crippen molar-refractivity contribution in [2.45, 2.75) is 149 Å². The van der Waals surface area contributed by atoms with Gasteiger partial charge in [0.05, 0.1) is 12.0 Å². The zero-order chi connectivity index (χ0) is 33.4. The largest absolute Gasteiger partial charge is 0.560 e. The van der Waals surface area contributed by atoms with Crippen molar-refractivity contribution in [3.05, 3.63) is 28.9 Å². The third-order valence-corrected chi connectivity index (χ3v) is 8.72. The van der Waals surface area contributed by atoms with E-state index in [0.29, 0.717) is 12.8 Å². The molecule has 0 bridgehead atoms. The normalized spacial score (nSPS) is 29.8. The zero-order valence-corrected chi connectivity index (χ0v) is 30.9. The Morgan fingerprint density at radius 3 is 2.11 bits per heavy atom. The third kappa shape index (κ3) is 9.69. The minimum absolute atomic E-state index is 0. The van der Waals surface area contributed by atoms with E-state index in [1.54, 1.807) is 33.8 Å². The van der Waals surface area contributed by atoms with Crippen molar-refractivity contribution in [2.75, 3.05) is 0 Å². The first kappa shape index (κ1) is 41.4. The van der Waals surface area contributed by atoms with Gasteiger partial charge in [-0.1, -0.05) is 45.6 Å². The van der Waals surface area contributed by atoms with Crippen molar-refractivity contribution in [1.29, 1.82) is 0 Å². The maximum atomic E-state index is 13.2. The summed E-state index contributed by atoms with van der Waals surface area (Å²) in [6.45, 7) is 12.5. The zero-order valence-electron chi connectivity index (χ0n) is 28.0. The van der Waals surface area contributed by atoms with Crippen LogP contribution in [0.3, 0.4) is 0 Å². The summed E-state index contributed by atoms with van der Waals surface area (Å²) >= 11 is 0. The number of rotatable bonds is 14. The molecule has 0 aromatic heterocycles. The molecule has 253 valence electrons. The fourth-order valence-electron chi connectivity index (χ4n) is 6.25. The van der Waals surface area contributed by atoms with Gasteiger partial charge < -0.3 is 34.3 Å². The number of allylic oxidation sites excluding steroid dienone is 1. The summed E-state index contributed by atoms with van der Waals surface area (Å²) in [7, 11) is 0. The third-order valence-electron chi connectivity index (χ3n) is 8.72. The number of aliphatic hydroxyl groups is 3. The van der Waals surface area contributed by atoms with Crippen LogP contribution in [0.2, 0.25) is 0 Å². The Balaban J connectivity index is 0.0000101. The molecule has 11 nitrogen and oxygen atoms in total. The molecule has 0 aliphatic heterocycles.